The van der Waals surface area contributed by atoms with Crippen molar-refractivity contribution in [2.24, 2.45) is 0 Å². The second kappa shape index (κ2) is 1.08. The number of rotatable bonds is 0. The summed E-state index contributed by atoms with van der Waals surface area (Å²) in [7, 11) is 0. The van der Waals surface area contributed by atoms with E-state index in [2.05, 4.69) is 12.6 Å². The van der Waals surface area contributed by atoms with Crippen LogP contribution in [0.1, 0.15) is 0 Å². The van der Waals surface area contributed by atoms with Crippen molar-refractivity contribution in [2.75, 3.05) is 0 Å². The summed E-state index contributed by atoms with van der Waals surface area (Å²) in [6.45, 7) is 0. The Kier molecular flexibility index (Phi) is 1.11. The maximum Gasteiger partial charge on any atom is 0.452 e. The Bertz CT molecular complexity index is 22.4. The normalized spacial score (nSPS) is 12.0. The minimum Gasteiger partial charge on any atom is -0.160 e. The third-order valence-electron chi connectivity index (χ3n) is 0. The van der Waals surface area contributed by atoms with Crippen LogP contribution in [0.3, 0.4) is 0 Å². The van der Waals surface area contributed by atoms with Crippen molar-refractivity contribution in [3.8, 4) is 0 Å². The van der Waals surface area contributed by atoms with Crippen LogP contribution in [0.5, 0.6) is 0 Å². The van der Waals surface area contributed by atoms with Gasteiger partial charge in [0.25, 0.3) is 0 Å². The molecule has 0 aromatic carbocycles. The van der Waals surface area contributed by atoms with Crippen molar-refractivity contribution in [3.05, 3.63) is 0 Å². The first-order valence-electron chi connectivity index (χ1n) is 0.771. The third kappa shape index (κ3) is 967. The highest BCUT2D eigenvalue weighted by atomic mass is 32.1. The highest BCUT2D eigenvalue weighted by Gasteiger charge is 2.19. The Hall–Kier alpha value is 0.140. The van der Waals surface area contributed by atoms with Crippen LogP contribution in [-0.2, 0) is 0 Å². The lowest BCUT2D eigenvalue weighted by Gasteiger charge is -1.85. The first-order chi connectivity index (χ1) is 2.00. The molecule has 31 valence electrons. The zero-order chi connectivity index (χ0) is 4.50. The van der Waals surface area contributed by atoms with Gasteiger partial charge in [-0.05, 0) is 0 Å². The molecule has 0 aliphatic heterocycles. The van der Waals surface area contributed by atoms with Gasteiger partial charge in [-0.3, -0.25) is 0 Å². The second-order valence-electron chi connectivity index (χ2n) is 0.446. The molecule has 0 saturated carbocycles. The first kappa shape index (κ1) is 5.14. The average Bonchev–Trinajstić information content (AvgIpc) is 0.722. The highest BCUT2D eigenvalue weighted by Crippen LogP contribution is 2.17. The summed E-state index contributed by atoms with van der Waals surface area (Å²) in [6, 6.07) is 0. The molecule has 0 aromatic heterocycles. The van der Waals surface area contributed by atoms with E-state index in [9.17, 15) is 13.2 Å². The quantitative estimate of drug-likeness (QED) is 0.435. The van der Waals surface area contributed by atoms with Gasteiger partial charge in [-0.25, -0.2) is 0 Å². The van der Waals surface area contributed by atoms with E-state index in [4.69, 9.17) is 0 Å². The van der Waals surface area contributed by atoms with Crippen LogP contribution >= 0.6 is 12.6 Å². The van der Waals surface area contributed by atoms with E-state index in [1.54, 1.807) is 0 Å². The van der Waals surface area contributed by atoms with Crippen molar-refractivity contribution >= 4 is 12.6 Å². The molecule has 0 fully saturated rings. The van der Waals surface area contributed by atoms with Crippen molar-refractivity contribution in [1.82, 2.24) is 0 Å². The minimum atomic E-state index is -4.42. The van der Waals surface area contributed by atoms with Crippen molar-refractivity contribution < 1.29 is 13.2 Å². The van der Waals surface area contributed by atoms with Gasteiger partial charge in [0.1, 0.15) is 0 Å². The Morgan fingerprint density at radius 1 is 1.20 bits per heavy atom. The van der Waals surface area contributed by atoms with Gasteiger partial charge in [0.05, 0.1) is 0 Å². The topological polar surface area (TPSA) is 0 Å². The lowest BCUT2D eigenvalue weighted by atomic mass is 11.6. The summed E-state index contributed by atoms with van der Waals surface area (Å²) < 4.78 is 30.5. The molecular weight excluding hydrogens is 101 g/mol. The third-order valence-corrected chi connectivity index (χ3v) is 0. The molecule has 0 aliphatic rings. The Morgan fingerprint density at radius 2 is 1.20 bits per heavy atom. The van der Waals surface area contributed by atoms with E-state index in [1.165, 1.54) is 0 Å². The van der Waals surface area contributed by atoms with Crippen molar-refractivity contribution in [2.45, 2.75) is 5.51 Å². The van der Waals surface area contributed by atoms with Gasteiger partial charge in [-0.15, -0.1) is 0 Å². The first-order valence-corrected chi connectivity index (χ1v) is 1.18. The zero-order valence-corrected chi connectivity index (χ0v) is 2.86. The smallest absolute Gasteiger partial charge is 0.160 e. The second-order valence-corrected chi connectivity index (χ2v) is 0.909. The van der Waals surface area contributed by atoms with E-state index in [0.29, 0.717) is 0 Å². The van der Waals surface area contributed by atoms with Gasteiger partial charge in [-0.2, -0.15) is 13.2 Å². The van der Waals surface area contributed by atoms with Gasteiger partial charge in [0.15, 0.2) is 0 Å². The summed E-state index contributed by atoms with van der Waals surface area (Å²) in [5.74, 6) is 0. The Labute approximate surface area is 32.4 Å². The molecule has 0 aromatic rings. The summed E-state index contributed by atoms with van der Waals surface area (Å²) in [5, 5.41) is 0. The number of halogens is 3. The van der Waals surface area contributed by atoms with E-state index in [1.807, 2.05) is 0 Å². The predicted molar refractivity (Wildman–Crippen MR) is 13.6 cm³/mol. The van der Waals surface area contributed by atoms with Crippen LogP contribution in [0.25, 0.3) is 0 Å². The molecule has 1 radical (unpaired) electrons. The SMILES string of the molecule is FC(F)(F)[S]. The maximum atomic E-state index is 10.2. The molecular formula is CF3S. The van der Waals surface area contributed by atoms with Crippen LogP contribution in [0, 0.1) is 0 Å². The zero-order valence-electron chi connectivity index (χ0n) is 2.04. The van der Waals surface area contributed by atoms with E-state index in [0.717, 1.165) is 0 Å². The molecule has 0 N–H and O–H groups in total. The molecule has 0 atom stereocenters. The average molecular weight is 101 g/mol. The molecule has 0 bridgehead atoms. The van der Waals surface area contributed by atoms with Crippen LogP contribution in [0.4, 0.5) is 13.2 Å². The molecule has 4 heteroatoms. The standard InChI is InChI=1S/CF3S/c2-1(3,4)5. The Morgan fingerprint density at radius 3 is 1.20 bits per heavy atom. The molecule has 0 rings (SSSR count). The van der Waals surface area contributed by atoms with Gasteiger partial charge >= 0.3 is 5.51 Å². The summed E-state index contributed by atoms with van der Waals surface area (Å²) in [5.41, 5.74) is -4.42. The number of hydrogen-bond acceptors (Lipinski definition) is 0. The summed E-state index contributed by atoms with van der Waals surface area (Å²) >= 11 is 2.83. The van der Waals surface area contributed by atoms with Crippen LogP contribution < -0.4 is 0 Å². The van der Waals surface area contributed by atoms with Gasteiger partial charge < -0.3 is 0 Å². The summed E-state index contributed by atoms with van der Waals surface area (Å²) in [6.07, 6.45) is 0. The maximum absolute atomic E-state index is 10.2. The molecule has 0 nitrogen and oxygen atoms in total. The van der Waals surface area contributed by atoms with Crippen molar-refractivity contribution in [1.29, 1.82) is 0 Å². The fourth-order valence-corrected chi connectivity index (χ4v) is 0. The Balaban J connectivity index is 3.02. The molecule has 0 unspecified atom stereocenters. The van der Waals surface area contributed by atoms with Crippen molar-refractivity contribution in [3.63, 3.8) is 0 Å². The van der Waals surface area contributed by atoms with Gasteiger partial charge in [0.2, 0.25) is 0 Å². The molecule has 0 spiro atoms. The minimum absolute atomic E-state index is 2.83. The molecule has 0 aliphatic carbocycles. The molecule has 0 amide bonds. The van der Waals surface area contributed by atoms with E-state index < -0.39 is 5.51 Å². The molecule has 0 saturated heterocycles. The number of alkyl halides is 3. The van der Waals surface area contributed by atoms with E-state index >= 15 is 0 Å². The van der Waals surface area contributed by atoms with E-state index in [-0.39, 0.29) is 0 Å². The summed E-state index contributed by atoms with van der Waals surface area (Å²) in [4.78, 5) is 0. The lowest BCUT2D eigenvalue weighted by molar-refractivity contribution is -0.0303. The number of hydrogen-bond donors (Lipinski definition) is 0. The lowest BCUT2D eigenvalue weighted by Crippen LogP contribution is -1.89. The van der Waals surface area contributed by atoms with Crippen LogP contribution in [-0.4, -0.2) is 5.51 Å². The largest absolute Gasteiger partial charge is 0.452 e. The van der Waals surface area contributed by atoms with Gasteiger partial charge in [0, 0.05) is 12.6 Å². The molecule has 5 heavy (non-hydrogen) atoms. The fourth-order valence-electron chi connectivity index (χ4n) is 0. The van der Waals surface area contributed by atoms with Crippen LogP contribution in [0.15, 0.2) is 0 Å². The predicted octanol–water partition coefficient (Wildman–Crippen LogP) is 1.70. The fraction of sp³-hybridized carbons (Fsp3) is 1.00. The highest BCUT2D eigenvalue weighted by molar-refractivity contribution is 7.81. The van der Waals surface area contributed by atoms with Gasteiger partial charge in [-0.1, -0.05) is 0 Å². The monoisotopic (exact) mass is 101 g/mol. The van der Waals surface area contributed by atoms with Crippen LogP contribution in [0.2, 0.25) is 0 Å². The molecule has 0 heterocycles.